The van der Waals surface area contributed by atoms with Gasteiger partial charge in [-0.05, 0) is 24.7 Å². The molecule has 0 saturated heterocycles. The molecule has 0 aromatic heterocycles. The first-order valence-corrected chi connectivity index (χ1v) is 7.07. The first kappa shape index (κ1) is 13.0. The smallest absolute Gasteiger partial charge is 0.148 e. The van der Waals surface area contributed by atoms with Crippen molar-refractivity contribution in [2.45, 2.75) is 6.54 Å². The van der Waals surface area contributed by atoms with Gasteiger partial charge in [-0.3, -0.25) is 0 Å². The summed E-state index contributed by atoms with van der Waals surface area (Å²) in [4.78, 5) is 1.91. The lowest BCUT2D eigenvalue weighted by molar-refractivity contribution is 0.345. The third-order valence-electron chi connectivity index (χ3n) is 2.21. The molecular formula is C11H17NO3S. The number of nitrogens with zero attached hydrogens (tertiary/aromatic N) is 1. The summed E-state index contributed by atoms with van der Waals surface area (Å²) < 4.78 is 22.0. The predicted octanol–water partition coefficient (Wildman–Crippen LogP) is 0.869. The van der Waals surface area contributed by atoms with Crippen LogP contribution in [-0.2, 0) is 16.4 Å². The molecule has 0 bridgehead atoms. The zero-order valence-electron chi connectivity index (χ0n) is 9.55. The van der Waals surface area contributed by atoms with Crippen LogP contribution < -0.4 is 0 Å². The number of phenolic OH excluding ortho intramolecular Hbond substituents is 1. The van der Waals surface area contributed by atoms with E-state index in [0.717, 1.165) is 5.56 Å². The number of rotatable bonds is 5. The Bertz CT molecular complexity index is 442. The van der Waals surface area contributed by atoms with E-state index in [9.17, 15) is 13.5 Å². The van der Waals surface area contributed by atoms with Crippen molar-refractivity contribution >= 4 is 9.84 Å². The number of aromatic hydroxyl groups is 1. The molecule has 0 atom stereocenters. The van der Waals surface area contributed by atoms with Gasteiger partial charge in [-0.25, -0.2) is 8.42 Å². The van der Waals surface area contributed by atoms with Crippen LogP contribution >= 0.6 is 0 Å². The Balaban J connectivity index is 2.49. The third kappa shape index (κ3) is 5.14. The Morgan fingerprint density at radius 1 is 1.38 bits per heavy atom. The van der Waals surface area contributed by atoms with E-state index in [-0.39, 0.29) is 11.5 Å². The van der Waals surface area contributed by atoms with Gasteiger partial charge in [0.15, 0.2) is 0 Å². The van der Waals surface area contributed by atoms with E-state index in [0.29, 0.717) is 13.1 Å². The van der Waals surface area contributed by atoms with Crippen molar-refractivity contribution in [2.24, 2.45) is 0 Å². The van der Waals surface area contributed by atoms with Gasteiger partial charge in [-0.2, -0.15) is 0 Å². The van der Waals surface area contributed by atoms with Crippen molar-refractivity contribution < 1.29 is 13.5 Å². The number of phenols is 1. The molecule has 0 heterocycles. The molecule has 0 amide bonds. The van der Waals surface area contributed by atoms with Crippen LogP contribution in [0.3, 0.4) is 0 Å². The summed E-state index contributed by atoms with van der Waals surface area (Å²) in [5, 5.41) is 9.27. The minimum Gasteiger partial charge on any atom is -0.508 e. The van der Waals surface area contributed by atoms with Gasteiger partial charge in [0.1, 0.15) is 15.6 Å². The molecule has 4 nitrogen and oxygen atoms in total. The van der Waals surface area contributed by atoms with E-state index in [4.69, 9.17) is 0 Å². The molecule has 1 aromatic rings. The van der Waals surface area contributed by atoms with Crippen LogP contribution in [0.5, 0.6) is 5.75 Å². The first-order valence-electron chi connectivity index (χ1n) is 5.01. The highest BCUT2D eigenvalue weighted by Crippen LogP contribution is 2.12. The molecule has 0 spiro atoms. The van der Waals surface area contributed by atoms with Crippen molar-refractivity contribution in [1.29, 1.82) is 0 Å². The predicted molar refractivity (Wildman–Crippen MR) is 64.2 cm³/mol. The summed E-state index contributed by atoms with van der Waals surface area (Å²) >= 11 is 0. The molecule has 0 radical (unpaired) electrons. The summed E-state index contributed by atoms with van der Waals surface area (Å²) in [6, 6.07) is 6.96. The number of sulfone groups is 1. The first-order chi connectivity index (χ1) is 7.37. The van der Waals surface area contributed by atoms with E-state index in [1.807, 2.05) is 18.0 Å². The standard InChI is InChI=1S/C11H17NO3S/c1-12(6-7-16(2,14)15)9-10-4-3-5-11(13)8-10/h3-5,8,13H,6-7,9H2,1-2H3. The van der Waals surface area contributed by atoms with Crippen LogP contribution in [0.1, 0.15) is 5.56 Å². The minimum absolute atomic E-state index is 0.155. The van der Waals surface area contributed by atoms with Crippen molar-refractivity contribution in [1.82, 2.24) is 4.90 Å². The fourth-order valence-corrected chi connectivity index (χ4v) is 2.01. The van der Waals surface area contributed by atoms with Gasteiger partial charge in [0.05, 0.1) is 5.75 Å². The van der Waals surface area contributed by atoms with Gasteiger partial charge in [0, 0.05) is 19.3 Å². The highest BCUT2D eigenvalue weighted by atomic mass is 32.2. The highest BCUT2D eigenvalue weighted by Gasteiger charge is 2.06. The van der Waals surface area contributed by atoms with E-state index < -0.39 is 9.84 Å². The van der Waals surface area contributed by atoms with Gasteiger partial charge in [0.2, 0.25) is 0 Å². The lowest BCUT2D eigenvalue weighted by Gasteiger charge is -2.15. The molecule has 1 N–H and O–H groups in total. The minimum atomic E-state index is -2.91. The molecule has 0 saturated carbocycles. The van der Waals surface area contributed by atoms with E-state index in [1.54, 1.807) is 18.2 Å². The maximum atomic E-state index is 11.0. The second-order valence-electron chi connectivity index (χ2n) is 4.04. The second kappa shape index (κ2) is 5.32. The van der Waals surface area contributed by atoms with Gasteiger partial charge >= 0.3 is 0 Å². The topological polar surface area (TPSA) is 57.6 Å². The molecule has 90 valence electrons. The van der Waals surface area contributed by atoms with Crippen LogP contribution in [0.15, 0.2) is 24.3 Å². The second-order valence-corrected chi connectivity index (χ2v) is 6.30. The Hall–Kier alpha value is -1.07. The summed E-state index contributed by atoms with van der Waals surface area (Å²) in [5.41, 5.74) is 0.969. The van der Waals surface area contributed by atoms with Crippen LogP contribution in [0.2, 0.25) is 0 Å². The van der Waals surface area contributed by atoms with Crippen molar-refractivity contribution in [3.05, 3.63) is 29.8 Å². The normalized spacial score (nSPS) is 11.9. The summed E-state index contributed by atoms with van der Waals surface area (Å²) in [7, 11) is -1.05. The van der Waals surface area contributed by atoms with Crippen molar-refractivity contribution in [3.8, 4) is 5.75 Å². The molecular weight excluding hydrogens is 226 g/mol. The Morgan fingerprint density at radius 3 is 2.62 bits per heavy atom. The molecule has 0 aliphatic heterocycles. The summed E-state index contributed by atoms with van der Waals surface area (Å²) in [6.45, 7) is 1.12. The van der Waals surface area contributed by atoms with E-state index in [1.165, 1.54) is 6.26 Å². The third-order valence-corrected chi connectivity index (χ3v) is 3.13. The average molecular weight is 243 g/mol. The summed E-state index contributed by atoms with van der Waals surface area (Å²) in [5.74, 6) is 0.386. The lowest BCUT2D eigenvalue weighted by atomic mass is 10.2. The lowest BCUT2D eigenvalue weighted by Crippen LogP contribution is -2.24. The van der Waals surface area contributed by atoms with E-state index in [2.05, 4.69) is 0 Å². The average Bonchev–Trinajstić information content (AvgIpc) is 2.14. The SMILES string of the molecule is CN(CCS(C)(=O)=O)Cc1cccc(O)c1. The van der Waals surface area contributed by atoms with E-state index >= 15 is 0 Å². The Kier molecular flexibility index (Phi) is 4.32. The monoisotopic (exact) mass is 243 g/mol. The van der Waals surface area contributed by atoms with Gasteiger partial charge in [-0.1, -0.05) is 12.1 Å². The van der Waals surface area contributed by atoms with Crippen LogP contribution in [-0.4, -0.2) is 44.0 Å². The van der Waals surface area contributed by atoms with Crippen molar-refractivity contribution in [2.75, 3.05) is 25.6 Å². The molecule has 1 aromatic carbocycles. The fourth-order valence-electron chi connectivity index (χ4n) is 1.37. The number of benzene rings is 1. The molecule has 1 rings (SSSR count). The van der Waals surface area contributed by atoms with Gasteiger partial charge < -0.3 is 10.0 Å². The molecule has 0 aliphatic carbocycles. The van der Waals surface area contributed by atoms with Crippen LogP contribution in [0.25, 0.3) is 0 Å². The Labute approximate surface area is 96.4 Å². The molecule has 16 heavy (non-hydrogen) atoms. The zero-order chi connectivity index (χ0) is 12.2. The maximum Gasteiger partial charge on any atom is 0.148 e. The van der Waals surface area contributed by atoms with Crippen molar-refractivity contribution in [3.63, 3.8) is 0 Å². The highest BCUT2D eigenvalue weighted by molar-refractivity contribution is 7.90. The van der Waals surface area contributed by atoms with Crippen LogP contribution in [0, 0.1) is 0 Å². The molecule has 5 heteroatoms. The largest absolute Gasteiger partial charge is 0.508 e. The number of hydrogen-bond acceptors (Lipinski definition) is 4. The quantitative estimate of drug-likeness (QED) is 0.833. The van der Waals surface area contributed by atoms with Crippen LogP contribution in [0.4, 0.5) is 0 Å². The Morgan fingerprint density at radius 2 is 2.06 bits per heavy atom. The van der Waals surface area contributed by atoms with Gasteiger partial charge in [-0.15, -0.1) is 0 Å². The molecule has 0 unspecified atom stereocenters. The molecule has 0 fully saturated rings. The summed E-state index contributed by atoms with van der Waals surface area (Å²) in [6.07, 6.45) is 1.23. The molecule has 0 aliphatic rings. The number of hydrogen-bond donors (Lipinski definition) is 1. The maximum absolute atomic E-state index is 11.0. The zero-order valence-corrected chi connectivity index (χ0v) is 10.4. The fraction of sp³-hybridized carbons (Fsp3) is 0.455. The van der Waals surface area contributed by atoms with Gasteiger partial charge in [0.25, 0.3) is 0 Å².